The Morgan fingerprint density at radius 3 is 2.65 bits per heavy atom. The van der Waals surface area contributed by atoms with Gasteiger partial charge in [-0.1, -0.05) is 19.3 Å². The van der Waals surface area contributed by atoms with E-state index in [9.17, 15) is 4.79 Å². The third-order valence-electron chi connectivity index (χ3n) is 3.22. The molecule has 1 aromatic rings. The molecule has 0 aliphatic heterocycles. The van der Waals surface area contributed by atoms with Crippen molar-refractivity contribution in [3.8, 4) is 6.07 Å². The van der Waals surface area contributed by atoms with Crippen LogP contribution in [0.1, 0.15) is 32.1 Å². The van der Waals surface area contributed by atoms with Crippen molar-refractivity contribution in [1.82, 2.24) is 15.3 Å². The molecule has 1 aromatic heterocycles. The number of aromatic nitrogens is 2. The van der Waals surface area contributed by atoms with E-state index in [1.54, 1.807) is 18.5 Å². The summed E-state index contributed by atoms with van der Waals surface area (Å²) in [5.74, 6) is 0.00791. The summed E-state index contributed by atoms with van der Waals surface area (Å²) < 4.78 is 0. The van der Waals surface area contributed by atoms with Crippen LogP contribution in [0.25, 0.3) is 0 Å². The van der Waals surface area contributed by atoms with Crippen molar-refractivity contribution in [1.29, 1.82) is 5.26 Å². The Hall–Kier alpha value is -2.42. The number of anilines is 1. The summed E-state index contributed by atoms with van der Waals surface area (Å²) >= 11 is 0. The van der Waals surface area contributed by atoms with Crippen molar-refractivity contribution < 1.29 is 4.79 Å². The molecule has 1 fully saturated rings. The van der Waals surface area contributed by atoms with E-state index in [2.05, 4.69) is 20.6 Å². The lowest BCUT2D eigenvalue weighted by Gasteiger charge is -2.22. The smallest absolute Gasteiger partial charge is 0.263 e. The first-order valence-corrected chi connectivity index (χ1v) is 6.74. The second-order valence-corrected chi connectivity index (χ2v) is 4.69. The molecule has 6 heteroatoms. The van der Waals surface area contributed by atoms with Gasteiger partial charge in [-0.3, -0.25) is 4.79 Å². The topological polar surface area (TPSA) is 90.7 Å². The largest absolute Gasteiger partial charge is 0.349 e. The number of carbonyl (C=O) groups is 1. The minimum atomic E-state index is -0.345. The number of nitrogens with one attached hydrogen (secondary N) is 2. The first-order valence-electron chi connectivity index (χ1n) is 6.74. The van der Waals surface area contributed by atoms with Crippen molar-refractivity contribution in [2.24, 2.45) is 0 Å². The quantitative estimate of drug-likeness (QED) is 0.643. The highest BCUT2D eigenvalue weighted by Gasteiger charge is 2.17. The molecule has 0 bridgehead atoms. The first-order chi connectivity index (χ1) is 9.79. The highest BCUT2D eigenvalue weighted by Crippen LogP contribution is 2.17. The van der Waals surface area contributed by atoms with Gasteiger partial charge in [0.25, 0.3) is 5.91 Å². The van der Waals surface area contributed by atoms with E-state index in [1.807, 2.05) is 6.07 Å². The van der Waals surface area contributed by atoms with Crippen LogP contribution in [0.4, 0.5) is 5.95 Å². The molecule has 20 heavy (non-hydrogen) atoms. The molecule has 1 amide bonds. The Morgan fingerprint density at radius 2 is 2.00 bits per heavy atom. The van der Waals surface area contributed by atoms with E-state index in [0.717, 1.165) is 25.7 Å². The van der Waals surface area contributed by atoms with Crippen molar-refractivity contribution in [2.45, 2.75) is 38.1 Å². The van der Waals surface area contributed by atoms with Gasteiger partial charge in [0, 0.05) is 24.6 Å². The van der Waals surface area contributed by atoms with Crippen LogP contribution >= 0.6 is 0 Å². The molecule has 6 nitrogen and oxygen atoms in total. The zero-order chi connectivity index (χ0) is 14.2. The third-order valence-corrected chi connectivity index (χ3v) is 3.22. The molecule has 1 aliphatic carbocycles. The fourth-order valence-corrected chi connectivity index (χ4v) is 2.17. The predicted octanol–water partition coefficient (Wildman–Crippen LogP) is 1.74. The zero-order valence-electron chi connectivity index (χ0n) is 11.2. The number of hydrogen-bond acceptors (Lipinski definition) is 5. The molecule has 0 atom stereocenters. The summed E-state index contributed by atoms with van der Waals surface area (Å²) in [5, 5.41) is 14.7. The molecule has 2 N–H and O–H groups in total. The maximum absolute atomic E-state index is 12.0. The molecule has 2 rings (SSSR count). The molecule has 1 aliphatic rings. The Morgan fingerprint density at radius 1 is 1.30 bits per heavy atom. The second-order valence-electron chi connectivity index (χ2n) is 4.69. The number of nitrogens with zero attached hydrogens (tertiary/aromatic N) is 3. The zero-order valence-corrected chi connectivity index (χ0v) is 11.2. The number of rotatable bonds is 4. The SMILES string of the molecule is N#C/C(=C/Nc1ncccn1)C(=O)NC1CCCCC1. The second kappa shape index (κ2) is 7.24. The number of nitriles is 1. The first kappa shape index (κ1) is 14.0. The van der Waals surface area contributed by atoms with Crippen LogP contribution in [0.2, 0.25) is 0 Å². The predicted molar refractivity (Wildman–Crippen MR) is 74.4 cm³/mol. The number of carbonyl (C=O) groups excluding carboxylic acids is 1. The minimum absolute atomic E-state index is 0.0306. The average Bonchev–Trinajstić information content (AvgIpc) is 2.50. The molecular formula is C14H17N5O. The van der Waals surface area contributed by atoms with Crippen molar-refractivity contribution in [3.63, 3.8) is 0 Å². The molecule has 104 valence electrons. The lowest BCUT2D eigenvalue weighted by atomic mass is 9.95. The van der Waals surface area contributed by atoms with Crippen molar-refractivity contribution in [2.75, 3.05) is 5.32 Å². The maximum Gasteiger partial charge on any atom is 0.263 e. The molecule has 0 unspecified atom stereocenters. The van der Waals surface area contributed by atoms with Crippen LogP contribution in [0.5, 0.6) is 0 Å². The van der Waals surface area contributed by atoms with Crippen LogP contribution < -0.4 is 10.6 Å². The van der Waals surface area contributed by atoms with E-state index in [4.69, 9.17) is 5.26 Å². The number of hydrogen-bond donors (Lipinski definition) is 2. The summed E-state index contributed by atoms with van der Waals surface area (Å²) in [7, 11) is 0. The van der Waals surface area contributed by atoms with Crippen LogP contribution in [-0.2, 0) is 4.79 Å². The van der Waals surface area contributed by atoms with Gasteiger partial charge in [-0.2, -0.15) is 5.26 Å². The molecule has 0 spiro atoms. The monoisotopic (exact) mass is 271 g/mol. The summed E-state index contributed by atoms with van der Waals surface area (Å²) in [6.07, 6.45) is 9.96. The van der Waals surface area contributed by atoms with Gasteiger partial charge in [0.05, 0.1) is 0 Å². The minimum Gasteiger partial charge on any atom is -0.349 e. The molecule has 0 radical (unpaired) electrons. The van der Waals surface area contributed by atoms with E-state index < -0.39 is 0 Å². The van der Waals surface area contributed by atoms with Gasteiger partial charge in [0.2, 0.25) is 5.95 Å². The van der Waals surface area contributed by atoms with E-state index in [1.165, 1.54) is 12.6 Å². The normalized spacial score (nSPS) is 16.2. The molecule has 1 saturated carbocycles. The van der Waals surface area contributed by atoms with Gasteiger partial charge in [-0.15, -0.1) is 0 Å². The van der Waals surface area contributed by atoms with E-state index >= 15 is 0 Å². The molecule has 0 aromatic carbocycles. The lowest BCUT2D eigenvalue weighted by Crippen LogP contribution is -2.37. The Balaban J connectivity index is 1.93. The van der Waals surface area contributed by atoms with E-state index in [-0.39, 0.29) is 17.5 Å². The van der Waals surface area contributed by atoms with E-state index in [0.29, 0.717) is 5.95 Å². The molecular weight excluding hydrogens is 254 g/mol. The van der Waals surface area contributed by atoms with Gasteiger partial charge in [-0.25, -0.2) is 9.97 Å². The summed E-state index contributed by atoms with van der Waals surface area (Å²) in [5.41, 5.74) is 0.0306. The fraction of sp³-hybridized carbons (Fsp3) is 0.429. The van der Waals surface area contributed by atoms with Gasteiger partial charge in [0.1, 0.15) is 11.6 Å². The molecule has 1 heterocycles. The van der Waals surface area contributed by atoms with Crippen LogP contribution in [0.3, 0.4) is 0 Å². The maximum atomic E-state index is 12.0. The summed E-state index contributed by atoms with van der Waals surface area (Å²) in [4.78, 5) is 19.9. The summed E-state index contributed by atoms with van der Waals surface area (Å²) in [6, 6.07) is 3.76. The average molecular weight is 271 g/mol. The fourth-order valence-electron chi connectivity index (χ4n) is 2.17. The third kappa shape index (κ3) is 4.05. The van der Waals surface area contributed by atoms with Crippen molar-refractivity contribution >= 4 is 11.9 Å². The Labute approximate surface area is 117 Å². The molecule has 0 saturated heterocycles. The highest BCUT2D eigenvalue weighted by atomic mass is 16.1. The summed E-state index contributed by atoms with van der Waals surface area (Å²) in [6.45, 7) is 0. The van der Waals surface area contributed by atoms with Gasteiger partial charge < -0.3 is 10.6 Å². The van der Waals surface area contributed by atoms with Crippen molar-refractivity contribution in [3.05, 3.63) is 30.2 Å². The Bertz CT molecular complexity index is 514. The standard InChI is InChI=1S/C14H17N5O/c15-9-11(10-18-14-16-7-4-8-17-14)13(20)19-12-5-2-1-3-6-12/h4,7-8,10,12H,1-3,5-6H2,(H,19,20)(H,16,17,18)/b11-10-. The van der Waals surface area contributed by atoms with Crippen LogP contribution in [-0.4, -0.2) is 21.9 Å². The lowest BCUT2D eigenvalue weighted by molar-refractivity contribution is -0.118. The van der Waals surface area contributed by atoms with Gasteiger partial charge in [-0.05, 0) is 18.9 Å². The Kier molecular flexibility index (Phi) is 5.07. The van der Waals surface area contributed by atoms with Gasteiger partial charge in [0.15, 0.2) is 0 Å². The van der Waals surface area contributed by atoms with Crippen LogP contribution in [0, 0.1) is 11.3 Å². The number of amides is 1. The van der Waals surface area contributed by atoms with Crippen LogP contribution in [0.15, 0.2) is 30.2 Å². The van der Waals surface area contributed by atoms with Gasteiger partial charge >= 0.3 is 0 Å². The highest BCUT2D eigenvalue weighted by molar-refractivity contribution is 5.97.